The third-order valence-electron chi connectivity index (χ3n) is 3.79. The molecule has 0 aromatic heterocycles. The summed E-state index contributed by atoms with van der Waals surface area (Å²) in [7, 11) is 1.94. The van der Waals surface area contributed by atoms with Gasteiger partial charge in [0.25, 0.3) is 0 Å². The molecule has 0 bridgehead atoms. The second kappa shape index (κ2) is 5.54. The maximum absolute atomic E-state index is 13.2. The fourth-order valence-corrected chi connectivity index (χ4v) is 2.53. The number of benzene rings is 2. The van der Waals surface area contributed by atoms with Crippen molar-refractivity contribution in [1.82, 2.24) is 5.32 Å². The molecule has 0 spiro atoms. The molecule has 19 heavy (non-hydrogen) atoms. The van der Waals surface area contributed by atoms with E-state index in [1.165, 1.54) is 22.8 Å². The lowest BCUT2D eigenvalue weighted by molar-refractivity contribution is 0.620. The Morgan fingerprint density at radius 1 is 0.947 bits per heavy atom. The minimum absolute atomic E-state index is 0.0977. The third-order valence-corrected chi connectivity index (χ3v) is 3.79. The zero-order valence-corrected chi connectivity index (χ0v) is 11.9. The highest BCUT2D eigenvalue weighted by molar-refractivity contribution is 5.43. The van der Waals surface area contributed by atoms with Gasteiger partial charge >= 0.3 is 0 Å². The van der Waals surface area contributed by atoms with Crippen LogP contribution in [0.3, 0.4) is 0 Å². The van der Waals surface area contributed by atoms with Crippen LogP contribution in [-0.2, 0) is 0 Å². The predicted molar refractivity (Wildman–Crippen MR) is 78.0 cm³/mol. The van der Waals surface area contributed by atoms with Gasteiger partial charge in [-0.15, -0.1) is 0 Å². The molecular formula is C17H20FN. The Balaban J connectivity index is 2.53. The van der Waals surface area contributed by atoms with Crippen molar-refractivity contribution in [2.75, 3.05) is 7.05 Å². The first-order valence-electron chi connectivity index (χ1n) is 6.54. The average molecular weight is 257 g/mol. The molecule has 1 unspecified atom stereocenters. The SMILES string of the molecule is CNC(c1ccc(F)cc1C)c1cccc(C)c1C. The lowest BCUT2D eigenvalue weighted by atomic mass is 9.90. The van der Waals surface area contributed by atoms with Crippen molar-refractivity contribution in [2.24, 2.45) is 0 Å². The fraction of sp³-hybridized carbons (Fsp3) is 0.294. The Morgan fingerprint density at radius 3 is 2.32 bits per heavy atom. The first kappa shape index (κ1) is 13.8. The smallest absolute Gasteiger partial charge is 0.123 e. The van der Waals surface area contributed by atoms with Crippen LogP contribution in [0.4, 0.5) is 4.39 Å². The van der Waals surface area contributed by atoms with Crippen molar-refractivity contribution < 1.29 is 4.39 Å². The second-order valence-electron chi connectivity index (χ2n) is 5.01. The molecular weight excluding hydrogens is 237 g/mol. The molecule has 0 fully saturated rings. The average Bonchev–Trinajstić information content (AvgIpc) is 2.37. The molecule has 0 heterocycles. The van der Waals surface area contributed by atoms with Gasteiger partial charge in [-0.3, -0.25) is 0 Å². The van der Waals surface area contributed by atoms with Gasteiger partial charge in [0.1, 0.15) is 5.82 Å². The molecule has 0 aliphatic rings. The van der Waals surface area contributed by atoms with E-state index in [4.69, 9.17) is 0 Å². The van der Waals surface area contributed by atoms with Crippen LogP contribution in [0.15, 0.2) is 36.4 Å². The summed E-state index contributed by atoms with van der Waals surface area (Å²) in [5.74, 6) is -0.183. The van der Waals surface area contributed by atoms with Crippen molar-refractivity contribution in [2.45, 2.75) is 26.8 Å². The summed E-state index contributed by atoms with van der Waals surface area (Å²) in [5, 5.41) is 3.34. The first-order valence-corrected chi connectivity index (χ1v) is 6.54. The molecule has 1 nitrogen and oxygen atoms in total. The summed E-state index contributed by atoms with van der Waals surface area (Å²) in [6.07, 6.45) is 0. The van der Waals surface area contributed by atoms with E-state index in [2.05, 4.69) is 37.4 Å². The van der Waals surface area contributed by atoms with Crippen LogP contribution in [0.25, 0.3) is 0 Å². The number of hydrogen-bond donors (Lipinski definition) is 1. The summed E-state index contributed by atoms with van der Waals surface area (Å²) >= 11 is 0. The molecule has 2 aromatic rings. The van der Waals surface area contributed by atoms with E-state index in [0.29, 0.717) is 0 Å². The topological polar surface area (TPSA) is 12.0 Å². The maximum atomic E-state index is 13.2. The fourth-order valence-electron chi connectivity index (χ4n) is 2.53. The van der Waals surface area contributed by atoms with Crippen molar-refractivity contribution in [3.63, 3.8) is 0 Å². The van der Waals surface area contributed by atoms with Crippen LogP contribution in [0.2, 0.25) is 0 Å². The zero-order chi connectivity index (χ0) is 14.0. The Bertz CT molecular complexity index is 590. The Hall–Kier alpha value is -1.67. The molecule has 0 saturated heterocycles. The molecule has 0 aliphatic carbocycles. The molecule has 0 aliphatic heterocycles. The van der Waals surface area contributed by atoms with Gasteiger partial charge in [-0.25, -0.2) is 4.39 Å². The van der Waals surface area contributed by atoms with E-state index >= 15 is 0 Å². The molecule has 2 aromatic carbocycles. The van der Waals surface area contributed by atoms with Crippen molar-refractivity contribution in [1.29, 1.82) is 0 Å². The standard InChI is InChI=1S/C17H20FN/c1-11-6-5-7-16(13(11)3)17(19-4)15-9-8-14(18)10-12(15)2/h5-10,17,19H,1-4H3. The molecule has 1 N–H and O–H groups in total. The molecule has 0 amide bonds. The number of aryl methyl sites for hydroxylation is 2. The zero-order valence-electron chi connectivity index (χ0n) is 11.9. The van der Waals surface area contributed by atoms with Crippen molar-refractivity contribution >= 4 is 0 Å². The second-order valence-corrected chi connectivity index (χ2v) is 5.01. The maximum Gasteiger partial charge on any atom is 0.123 e. The van der Waals surface area contributed by atoms with Crippen molar-refractivity contribution in [3.8, 4) is 0 Å². The van der Waals surface area contributed by atoms with Crippen LogP contribution in [0.5, 0.6) is 0 Å². The summed E-state index contributed by atoms with van der Waals surface area (Å²) in [6, 6.07) is 11.4. The highest BCUT2D eigenvalue weighted by atomic mass is 19.1. The van der Waals surface area contributed by atoms with E-state index in [9.17, 15) is 4.39 Å². The quantitative estimate of drug-likeness (QED) is 0.874. The Morgan fingerprint density at radius 2 is 1.68 bits per heavy atom. The summed E-state index contributed by atoms with van der Waals surface area (Å²) in [5.41, 5.74) is 5.90. The summed E-state index contributed by atoms with van der Waals surface area (Å²) in [4.78, 5) is 0. The monoisotopic (exact) mass is 257 g/mol. The third kappa shape index (κ3) is 2.69. The van der Waals surface area contributed by atoms with Gasteiger partial charge in [0, 0.05) is 0 Å². The van der Waals surface area contributed by atoms with Crippen LogP contribution in [0.1, 0.15) is 33.9 Å². The highest BCUT2D eigenvalue weighted by Gasteiger charge is 2.17. The van der Waals surface area contributed by atoms with E-state index < -0.39 is 0 Å². The van der Waals surface area contributed by atoms with E-state index in [0.717, 1.165) is 11.1 Å². The molecule has 0 radical (unpaired) electrons. The lowest BCUT2D eigenvalue weighted by Gasteiger charge is -2.22. The van der Waals surface area contributed by atoms with E-state index in [-0.39, 0.29) is 11.9 Å². The minimum atomic E-state index is -0.183. The summed E-state index contributed by atoms with van der Waals surface area (Å²) < 4.78 is 13.2. The molecule has 1 atom stereocenters. The van der Waals surface area contributed by atoms with Crippen molar-refractivity contribution in [3.05, 3.63) is 70.0 Å². The van der Waals surface area contributed by atoms with Gasteiger partial charge in [-0.2, -0.15) is 0 Å². The van der Waals surface area contributed by atoms with Gasteiger partial charge in [0.05, 0.1) is 6.04 Å². The Labute approximate surface area is 114 Å². The summed E-state index contributed by atoms with van der Waals surface area (Å²) in [6.45, 7) is 6.20. The number of halogens is 1. The molecule has 2 rings (SSSR count). The molecule has 2 heteroatoms. The van der Waals surface area contributed by atoms with E-state index in [1.54, 1.807) is 6.07 Å². The number of nitrogens with one attached hydrogen (secondary N) is 1. The normalized spacial score (nSPS) is 12.5. The van der Waals surface area contributed by atoms with Crippen LogP contribution in [0, 0.1) is 26.6 Å². The first-order chi connectivity index (χ1) is 9.04. The van der Waals surface area contributed by atoms with Gasteiger partial charge in [-0.05, 0) is 67.8 Å². The van der Waals surface area contributed by atoms with Gasteiger partial charge < -0.3 is 5.32 Å². The highest BCUT2D eigenvalue weighted by Crippen LogP contribution is 2.28. The van der Waals surface area contributed by atoms with E-state index in [1.807, 2.05) is 20.0 Å². The van der Waals surface area contributed by atoms with Gasteiger partial charge in [0.15, 0.2) is 0 Å². The lowest BCUT2D eigenvalue weighted by Crippen LogP contribution is -2.20. The predicted octanol–water partition coefficient (Wildman–Crippen LogP) is 4.06. The minimum Gasteiger partial charge on any atom is -0.309 e. The molecule has 100 valence electrons. The Kier molecular flexibility index (Phi) is 4.01. The number of hydrogen-bond acceptors (Lipinski definition) is 1. The molecule has 0 saturated carbocycles. The van der Waals surface area contributed by atoms with Gasteiger partial charge in [0.2, 0.25) is 0 Å². The number of rotatable bonds is 3. The van der Waals surface area contributed by atoms with Crippen LogP contribution >= 0.6 is 0 Å². The van der Waals surface area contributed by atoms with Crippen LogP contribution in [-0.4, -0.2) is 7.05 Å². The van der Waals surface area contributed by atoms with Gasteiger partial charge in [-0.1, -0.05) is 24.3 Å². The van der Waals surface area contributed by atoms with Crippen LogP contribution < -0.4 is 5.32 Å². The largest absolute Gasteiger partial charge is 0.309 e.